The third kappa shape index (κ3) is 5.91. The first kappa shape index (κ1) is 26.0. The molecule has 8 nitrogen and oxygen atoms in total. The highest BCUT2D eigenvalue weighted by Gasteiger charge is 2.40. The van der Waals surface area contributed by atoms with Crippen LogP contribution in [0, 0.1) is 12.3 Å². The molecule has 2 aromatic heterocycles. The molecule has 2 amide bonds. The standard InChI is InChI=1S/C30H37N5O3/c1-23-10-15-31-27(21-23)35-17-6-7-24(35)22-34-18-12-30(13-19-34)11-4-5-14-32-28(36)25-8-2-3-9-26(25)38-20-16-33-29(30)37/h2-3,6-10,15,17,21H,4-5,11-14,16,18-20,22H2,1H3,(H,32,36)(H,33,37). The first-order valence-corrected chi connectivity index (χ1v) is 13.6. The topological polar surface area (TPSA) is 88.5 Å². The molecular weight excluding hydrogens is 478 g/mol. The van der Waals surface area contributed by atoms with Gasteiger partial charge in [0.1, 0.15) is 18.2 Å². The number of fused-ring (bicyclic) bond motifs is 1. The van der Waals surface area contributed by atoms with E-state index in [4.69, 9.17) is 4.74 Å². The van der Waals surface area contributed by atoms with Gasteiger partial charge in [0, 0.05) is 31.2 Å². The second-order valence-corrected chi connectivity index (χ2v) is 10.4. The van der Waals surface area contributed by atoms with Crippen LogP contribution in [-0.4, -0.2) is 59.1 Å². The van der Waals surface area contributed by atoms with Gasteiger partial charge in [-0.3, -0.25) is 14.5 Å². The van der Waals surface area contributed by atoms with Crippen LogP contribution >= 0.6 is 0 Å². The average molecular weight is 516 g/mol. The van der Waals surface area contributed by atoms with Gasteiger partial charge in [-0.05, 0) is 87.7 Å². The molecule has 2 aliphatic rings. The summed E-state index contributed by atoms with van der Waals surface area (Å²) in [5, 5.41) is 6.15. The number of amides is 2. The molecule has 8 heteroatoms. The van der Waals surface area contributed by atoms with Gasteiger partial charge in [0.05, 0.1) is 17.5 Å². The van der Waals surface area contributed by atoms with Crippen molar-refractivity contribution in [2.45, 2.75) is 45.6 Å². The predicted molar refractivity (Wildman–Crippen MR) is 146 cm³/mol. The van der Waals surface area contributed by atoms with Crippen molar-refractivity contribution in [2.75, 3.05) is 32.8 Å². The smallest absolute Gasteiger partial charge is 0.255 e. The third-order valence-electron chi connectivity index (χ3n) is 7.81. The van der Waals surface area contributed by atoms with E-state index in [1.54, 1.807) is 12.1 Å². The monoisotopic (exact) mass is 515 g/mol. The molecule has 2 aliphatic heterocycles. The minimum absolute atomic E-state index is 0.115. The van der Waals surface area contributed by atoms with Gasteiger partial charge in [-0.2, -0.15) is 0 Å². The molecule has 0 bridgehead atoms. The second-order valence-electron chi connectivity index (χ2n) is 10.4. The molecule has 5 rings (SSSR count). The Morgan fingerprint density at radius 3 is 2.66 bits per heavy atom. The number of nitrogens with one attached hydrogen (secondary N) is 2. The van der Waals surface area contributed by atoms with Crippen LogP contribution in [0.3, 0.4) is 0 Å². The lowest BCUT2D eigenvalue weighted by atomic mass is 9.73. The predicted octanol–water partition coefficient (Wildman–Crippen LogP) is 3.87. The first-order valence-electron chi connectivity index (χ1n) is 13.6. The Hall–Kier alpha value is -3.65. The molecule has 200 valence electrons. The largest absolute Gasteiger partial charge is 0.491 e. The number of para-hydroxylation sites is 1. The van der Waals surface area contributed by atoms with Gasteiger partial charge in [0.2, 0.25) is 5.91 Å². The maximum absolute atomic E-state index is 13.5. The number of hydrogen-bond donors (Lipinski definition) is 2. The maximum Gasteiger partial charge on any atom is 0.255 e. The number of carbonyl (C=O) groups is 2. The van der Waals surface area contributed by atoms with Crippen molar-refractivity contribution in [3.63, 3.8) is 0 Å². The zero-order valence-corrected chi connectivity index (χ0v) is 22.1. The number of aryl methyl sites for hydroxylation is 1. The van der Waals surface area contributed by atoms with E-state index in [0.717, 1.165) is 57.6 Å². The lowest BCUT2D eigenvalue weighted by Gasteiger charge is -2.41. The number of rotatable bonds is 3. The number of piperidine rings is 1. The van der Waals surface area contributed by atoms with Crippen molar-refractivity contribution in [1.82, 2.24) is 25.1 Å². The molecular formula is C30H37N5O3. The van der Waals surface area contributed by atoms with Gasteiger partial charge in [0.25, 0.3) is 5.91 Å². The minimum atomic E-state index is -0.386. The molecule has 1 saturated heterocycles. The summed E-state index contributed by atoms with van der Waals surface area (Å²) in [6.45, 7) is 5.94. The molecule has 0 unspecified atom stereocenters. The Kier molecular flexibility index (Phi) is 8.08. The van der Waals surface area contributed by atoms with Crippen LogP contribution in [-0.2, 0) is 11.3 Å². The summed E-state index contributed by atoms with van der Waals surface area (Å²) >= 11 is 0. The van der Waals surface area contributed by atoms with Crippen molar-refractivity contribution in [3.05, 3.63) is 77.7 Å². The Morgan fingerprint density at radius 1 is 0.974 bits per heavy atom. The zero-order valence-electron chi connectivity index (χ0n) is 22.1. The number of pyridine rings is 1. The third-order valence-corrected chi connectivity index (χ3v) is 7.81. The summed E-state index contributed by atoms with van der Waals surface area (Å²) in [6.07, 6.45) is 8.10. The Morgan fingerprint density at radius 2 is 1.82 bits per heavy atom. The molecule has 2 N–H and O–H groups in total. The van der Waals surface area contributed by atoms with E-state index in [9.17, 15) is 9.59 Å². The van der Waals surface area contributed by atoms with Gasteiger partial charge in [-0.25, -0.2) is 4.98 Å². The van der Waals surface area contributed by atoms with E-state index < -0.39 is 0 Å². The van der Waals surface area contributed by atoms with E-state index in [0.29, 0.717) is 31.0 Å². The van der Waals surface area contributed by atoms with Crippen LogP contribution in [0.5, 0.6) is 5.75 Å². The summed E-state index contributed by atoms with van der Waals surface area (Å²) < 4.78 is 8.02. The molecule has 1 spiro atoms. The molecule has 4 heterocycles. The Balaban J connectivity index is 1.22. The lowest BCUT2D eigenvalue weighted by Crippen LogP contribution is -2.49. The first-order chi connectivity index (χ1) is 18.5. The van der Waals surface area contributed by atoms with E-state index in [2.05, 4.69) is 56.4 Å². The van der Waals surface area contributed by atoms with Crippen LogP contribution < -0.4 is 15.4 Å². The van der Waals surface area contributed by atoms with Gasteiger partial charge < -0.3 is 19.9 Å². The second kappa shape index (κ2) is 11.8. The fourth-order valence-corrected chi connectivity index (χ4v) is 5.56. The van der Waals surface area contributed by atoms with E-state index >= 15 is 0 Å². The Bertz CT molecular complexity index is 1260. The van der Waals surface area contributed by atoms with Gasteiger partial charge in [-0.15, -0.1) is 0 Å². The number of benzene rings is 1. The van der Waals surface area contributed by atoms with Crippen LogP contribution in [0.4, 0.5) is 0 Å². The van der Waals surface area contributed by atoms with Crippen LogP contribution in [0.1, 0.15) is 53.7 Å². The van der Waals surface area contributed by atoms with Crippen LogP contribution in [0.15, 0.2) is 60.9 Å². The van der Waals surface area contributed by atoms with Crippen LogP contribution in [0.25, 0.3) is 5.82 Å². The van der Waals surface area contributed by atoms with E-state index in [-0.39, 0.29) is 17.2 Å². The summed E-state index contributed by atoms with van der Waals surface area (Å²) in [4.78, 5) is 33.1. The highest BCUT2D eigenvalue weighted by Crippen LogP contribution is 2.37. The SMILES string of the molecule is Cc1ccnc(-n2cccc2CN2CCC3(CCCCNC(=O)c4ccccc4OCCNC3=O)CC2)c1. The highest BCUT2D eigenvalue weighted by atomic mass is 16.5. The van der Waals surface area contributed by atoms with Crippen molar-refractivity contribution >= 4 is 11.8 Å². The molecule has 38 heavy (non-hydrogen) atoms. The van der Waals surface area contributed by atoms with Crippen molar-refractivity contribution in [3.8, 4) is 11.6 Å². The minimum Gasteiger partial charge on any atom is -0.491 e. The summed E-state index contributed by atoms with van der Waals surface area (Å²) in [5.41, 5.74) is 2.53. The lowest BCUT2D eigenvalue weighted by molar-refractivity contribution is -0.134. The van der Waals surface area contributed by atoms with Crippen molar-refractivity contribution in [1.29, 1.82) is 0 Å². The summed E-state index contributed by atoms with van der Waals surface area (Å²) in [6, 6.07) is 15.6. The summed E-state index contributed by atoms with van der Waals surface area (Å²) in [7, 11) is 0. The number of hydrogen-bond acceptors (Lipinski definition) is 5. The average Bonchev–Trinajstić information content (AvgIpc) is 3.39. The van der Waals surface area contributed by atoms with Crippen molar-refractivity contribution in [2.24, 2.45) is 5.41 Å². The maximum atomic E-state index is 13.5. The molecule has 3 aromatic rings. The molecule has 0 saturated carbocycles. The highest BCUT2D eigenvalue weighted by molar-refractivity contribution is 5.96. The quantitative estimate of drug-likeness (QED) is 0.553. The number of carbonyl (C=O) groups excluding carboxylic acids is 2. The fourth-order valence-electron chi connectivity index (χ4n) is 5.56. The number of ether oxygens (including phenoxy) is 1. The van der Waals surface area contributed by atoms with Gasteiger partial charge >= 0.3 is 0 Å². The Labute approximate surface area is 224 Å². The van der Waals surface area contributed by atoms with E-state index in [1.807, 2.05) is 24.4 Å². The molecule has 1 aromatic carbocycles. The molecule has 0 atom stereocenters. The fraction of sp³-hybridized carbons (Fsp3) is 0.433. The number of aromatic nitrogens is 2. The summed E-state index contributed by atoms with van der Waals surface area (Å²) in [5.74, 6) is 1.49. The van der Waals surface area contributed by atoms with Crippen molar-refractivity contribution < 1.29 is 14.3 Å². The molecule has 1 fully saturated rings. The van der Waals surface area contributed by atoms with Gasteiger partial charge in [-0.1, -0.05) is 18.6 Å². The molecule has 0 aliphatic carbocycles. The number of nitrogens with zero attached hydrogens (tertiary/aromatic N) is 3. The normalized spacial score (nSPS) is 19.1. The van der Waals surface area contributed by atoms with Gasteiger partial charge in [0.15, 0.2) is 0 Å². The van der Waals surface area contributed by atoms with Crippen LogP contribution in [0.2, 0.25) is 0 Å². The number of likely N-dealkylation sites (tertiary alicyclic amines) is 1. The van der Waals surface area contributed by atoms with E-state index in [1.165, 1.54) is 11.3 Å². The zero-order chi connectivity index (χ0) is 26.4. The molecule has 0 radical (unpaired) electrons.